The number of rotatable bonds is 4. The fraction of sp³-hybridized carbons (Fsp3) is 0.391. The lowest BCUT2D eigenvalue weighted by molar-refractivity contribution is 0.0996. The average Bonchev–Trinajstić information content (AvgIpc) is 3.25. The van der Waals surface area contributed by atoms with Gasteiger partial charge in [0.05, 0.1) is 11.4 Å². The zero-order valence-corrected chi connectivity index (χ0v) is 19.2. The third kappa shape index (κ3) is 5.82. The minimum atomic E-state index is -0.341. The van der Waals surface area contributed by atoms with Crippen LogP contribution in [0.15, 0.2) is 40.8 Å². The number of amides is 1. The van der Waals surface area contributed by atoms with Gasteiger partial charge in [0.15, 0.2) is 5.76 Å². The van der Waals surface area contributed by atoms with Crippen LogP contribution in [0.25, 0.3) is 5.57 Å². The number of hydrogen-bond acceptors (Lipinski definition) is 5. The number of nitrogens with one attached hydrogen (secondary N) is 2. The van der Waals surface area contributed by atoms with Crippen LogP contribution in [0, 0.1) is 17.2 Å². The molecule has 3 heterocycles. The summed E-state index contributed by atoms with van der Waals surface area (Å²) >= 11 is 0. The van der Waals surface area contributed by atoms with E-state index in [1.807, 2.05) is 12.1 Å². The molecule has 2 N–H and O–H groups in total. The molecule has 1 aromatic heterocycles. The SMILES string of the molecule is CC1CCN(c2cc(C3=CCNCC3)ccc2NC(=O)c2ccc(C#N)o2)CC1.Cl.Cl. The summed E-state index contributed by atoms with van der Waals surface area (Å²) in [5, 5.41) is 15.3. The van der Waals surface area contributed by atoms with E-state index in [9.17, 15) is 4.79 Å². The Labute approximate surface area is 195 Å². The second-order valence-electron chi connectivity index (χ2n) is 7.81. The average molecular weight is 463 g/mol. The summed E-state index contributed by atoms with van der Waals surface area (Å²) in [7, 11) is 0. The van der Waals surface area contributed by atoms with E-state index in [1.54, 1.807) is 0 Å². The minimum Gasteiger partial charge on any atom is -0.440 e. The molecule has 0 saturated carbocycles. The maximum absolute atomic E-state index is 12.7. The van der Waals surface area contributed by atoms with Crippen molar-refractivity contribution in [2.45, 2.75) is 26.2 Å². The first-order valence-corrected chi connectivity index (χ1v) is 10.2. The summed E-state index contributed by atoms with van der Waals surface area (Å²) in [5.41, 5.74) is 4.38. The molecule has 31 heavy (non-hydrogen) atoms. The number of halogens is 2. The predicted octanol–water partition coefficient (Wildman–Crippen LogP) is 4.86. The van der Waals surface area contributed by atoms with Gasteiger partial charge in [0.25, 0.3) is 5.91 Å². The topological polar surface area (TPSA) is 81.3 Å². The van der Waals surface area contributed by atoms with E-state index in [1.165, 1.54) is 23.3 Å². The number of carbonyl (C=O) groups is 1. The summed E-state index contributed by atoms with van der Waals surface area (Å²) in [6.45, 7) is 6.13. The number of piperidine rings is 1. The van der Waals surface area contributed by atoms with Crippen LogP contribution in [0.3, 0.4) is 0 Å². The monoisotopic (exact) mass is 462 g/mol. The van der Waals surface area contributed by atoms with Crippen molar-refractivity contribution in [1.82, 2.24) is 5.32 Å². The van der Waals surface area contributed by atoms with Gasteiger partial charge < -0.3 is 20.0 Å². The molecular weight excluding hydrogens is 435 g/mol. The summed E-state index contributed by atoms with van der Waals surface area (Å²) in [5.74, 6) is 0.664. The van der Waals surface area contributed by atoms with Crippen LogP contribution in [0.4, 0.5) is 11.4 Å². The number of nitrogens with zero attached hydrogens (tertiary/aromatic N) is 2. The van der Waals surface area contributed by atoms with Crippen molar-refractivity contribution in [2.75, 3.05) is 36.4 Å². The molecule has 8 heteroatoms. The molecule has 2 aromatic rings. The molecular formula is C23H28Cl2N4O2. The molecule has 1 fully saturated rings. The Morgan fingerprint density at radius 2 is 2.00 bits per heavy atom. The summed E-state index contributed by atoms with van der Waals surface area (Å²) < 4.78 is 5.28. The second kappa shape index (κ2) is 11.2. The third-order valence-electron chi connectivity index (χ3n) is 5.74. The van der Waals surface area contributed by atoms with Gasteiger partial charge in [0.2, 0.25) is 5.76 Å². The van der Waals surface area contributed by atoms with Gasteiger partial charge in [-0.2, -0.15) is 5.26 Å². The highest BCUT2D eigenvalue weighted by atomic mass is 35.5. The lowest BCUT2D eigenvalue weighted by Gasteiger charge is -2.34. The number of benzene rings is 1. The van der Waals surface area contributed by atoms with Crippen LogP contribution in [0.5, 0.6) is 0 Å². The Kier molecular flexibility index (Phi) is 9.00. The highest BCUT2D eigenvalue weighted by molar-refractivity contribution is 6.04. The fourth-order valence-corrected chi connectivity index (χ4v) is 3.94. The van der Waals surface area contributed by atoms with Gasteiger partial charge in [-0.15, -0.1) is 24.8 Å². The zero-order chi connectivity index (χ0) is 20.2. The summed E-state index contributed by atoms with van der Waals surface area (Å²) in [4.78, 5) is 15.0. The van der Waals surface area contributed by atoms with Gasteiger partial charge in [0, 0.05) is 19.6 Å². The molecule has 0 bridgehead atoms. The van der Waals surface area contributed by atoms with E-state index in [0.717, 1.165) is 62.7 Å². The second-order valence-corrected chi connectivity index (χ2v) is 7.81. The first-order chi connectivity index (χ1) is 14.1. The lowest BCUT2D eigenvalue weighted by Crippen LogP contribution is -2.33. The van der Waals surface area contributed by atoms with Crippen molar-refractivity contribution in [3.05, 3.63) is 53.5 Å². The maximum Gasteiger partial charge on any atom is 0.291 e. The fourth-order valence-electron chi connectivity index (χ4n) is 3.94. The van der Waals surface area contributed by atoms with Crippen LogP contribution in [0.1, 0.15) is 48.1 Å². The first kappa shape index (κ1) is 24.8. The van der Waals surface area contributed by atoms with E-state index >= 15 is 0 Å². The number of nitriles is 1. The van der Waals surface area contributed by atoms with Gasteiger partial charge in [-0.1, -0.05) is 19.1 Å². The zero-order valence-electron chi connectivity index (χ0n) is 17.5. The number of furan rings is 1. The third-order valence-corrected chi connectivity index (χ3v) is 5.74. The molecule has 1 amide bonds. The van der Waals surface area contributed by atoms with Gasteiger partial charge in [-0.25, -0.2) is 0 Å². The Bertz CT molecular complexity index is 972. The first-order valence-electron chi connectivity index (χ1n) is 10.2. The molecule has 0 unspecified atom stereocenters. The number of hydrogen-bond donors (Lipinski definition) is 2. The van der Waals surface area contributed by atoms with Crippen molar-refractivity contribution in [2.24, 2.45) is 5.92 Å². The molecule has 166 valence electrons. The maximum atomic E-state index is 12.7. The summed E-state index contributed by atoms with van der Waals surface area (Å²) in [6, 6.07) is 11.2. The molecule has 0 radical (unpaired) electrons. The smallest absolute Gasteiger partial charge is 0.291 e. The Morgan fingerprint density at radius 1 is 1.23 bits per heavy atom. The highest BCUT2D eigenvalue weighted by Crippen LogP contribution is 2.34. The molecule has 0 spiro atoms. The number of carbonyl (C=O) groups excluding carboxylic acids is 1. The van der Waals surface area contributed by atoms with Crippen LogP contribution in [-0.2, 0) is 0 Å². The van der Waals surface area contributed by atoms with E-state index in [0.29, 0.717) is 0 Å². The predicted molar refractivity (Wildman–Crippen MR) is 128 cm³/mol. The number of anilines is 2. The molecule has 0 atom stereocenters. The lowest BCUT2D eigenvalue weighted by atomic mass is 9.96. The van der Waals surface area contributed by atoms with Crippen molar-refractivity contribution in [3.63, 3.8) is 0 Å². The van der Waals surface area contributed by atoms with Crippen LogP contribution < -0.4 is 15.5 Å². The Balaban J connectivity index is 0.00000171. The van der Waals surface area contributed by atoms with Crippen LogP contribution in [-0.4, -0.2) is 32.1 Å². The molecule has 0 aliphatic carbocycles. The normalized spacial score (nSPS) is 16.4. The van der Waals surface area contributed by atoms with Crippen molar-refractivity contribution in [3.8, 4) is 6.07 Å². The van der Waals surface area contributed by atoms with E-state index < -0.39 is 0 Å². The molecule has 2 aliphatic heterocycles. The van der Waals surface area contributed by atoms with E-state index in [-0.39, 0.29) is 42.2 Å². The van der Waals surface area contributed by atoms with E-state index in [4.69, 9.17) is 9.68 Å². The van der Waals surface area contributed by atoms with Gasteiger partial charge in [0.1, 0.15) is 6.07 Å². The van der Waals surface area contributed by atoms with Gasteiger partial charge in [-0.3, -0.25) is 4.79 Å². The minimum absolute atomic E-state index is 0. The molecule has 2 aliphatic rings. The van der Waals surface area contributed by atoms with Gasteiger partial charge >= 0.3 is 0 Å². The molecule has 4 rings (SSSR count). The summed E-state index contributed by atoms with van der Waals surface area (Å²) in [6.07, 6.45) is 5.54. The Morgan fingerprint density at radius 3 is 2.65 bits per heavy atom. The van der Waals surface area contributed by atoms with Gasteiger partial charge in [-0.05, 0) is 67.1 Å². The molecule has 1 saturated heterocycles. The quantitative estimate of drug-likeness (QED) is 0.677. The van der Waals surface area contributed by atoms with Crippen LogP contribution >= 0.6 is 24.8 Å². The Hall–Kier alpha value is -2.46. The van der Waals surface area contributed by atoms with Crippen molar-refractivity contribution in [1.29, 1.82) is 5.26 Å². The molecule has 6 nitrogen and oxygen atoms in total. The van der Waals surface area contributed by atoms with Crippen molar-refractivity contribution < 1.29 is 9.21 Å². The highest BCUT2D eigenvalue weighted by Gasteiger charge is 2.21. The van der Waals surface area contributed by atoms with Crippen LogP contribution in [0.2, 0.25) is 0 Å². The van der Waals surface area contributed by atoms with Crippen molar-refractivity contribution >= 4 is 47.7 Å². The standard InChI is InChI=1S/C23H26N4O2.2ClH/c1-16-8-12-27(13-9-16)21-14-18(17-6-10-25-11-7-17)2-4-20(21)26-23(28)22-5-3-19(15-24)29-22;;/h2-6,14,16,25H,7-13H2,1H3,(H,26,28);2*1H. The molecule has 1 aromatic carbocycles. The van der Waals surface area contributed by atoms with E-state index in [2.05, 4.69) is 40.7 Å². The largest absolute Gasteiger partial charge is 0.440 e.